The molecule has 0 atom stereocenters. The molecule has 0 spiro atoms. The first-order valence-corrected chi connectivity index (χ1v) is 6.35. The first-order valence-electron chi connectivity index (χ1n) is 6.35. The molecule has 0 unspecified atom stereocenters. The quantitative estimate of drug-likeness (QED) is 0.402. The third-order valence-electron chi connectivity index (χ3n) is 2.57. The van der Waals surface area contributed by atoms with Gasteiger partial charge in [0.05, 0.1) is 24.7 Å². The summed E-state index contributed by atoms with van der Waals surface area (Å²) in [6, 6.07) is 4.94. The van der Waals surface area contributed by atoms with E-state index in [-0.39, 0.29) is 11.4 Å². The Morgan fingerprint density at radius 2 is 2.05 bits per heavy atom. The summed E-state index contributed by atoms with van der Waals surface area (Å²) in [5.41, 5.74) is 0.388. The number of hydrogen-bond donors (Lipinski definition) is 1. The lowest BCUT2D eigenvalue weighted by atomic mass is 10.2. The molecule has 7 heteroatoms. The summed E-state index contributed by atoms with van der Waals surface area (Å²) < 4.78 is 15.6. The average molecular weight is 284 g/mol. The van der Waals surface area contributed by atoms with E-state index >= 15 is 0 Å². The number of benzene rings is 1. The number of para-hydroxylation sites is 1. The van der Waals surface area contributed by atoms with Crippen molar-refractivity contribution >= 4 is 11.4 Å². The lowest BCUT2D eigenvalue weighted by Crippen LogP contribution is -2.08. The molecule has 1 rings (SSSR count). The summed E-state index contributed by atoms with van der Waals surface area (Å²) in [5.74, 6) is 0.263. The second-order valence-corrected chi connectivity index (χ2v) is 3.97. The largest absolute Gasteiger partial charge is 0.487 e. The lowest BCUT2D eigenvalue weighted by molar-refractivity contribution is -0.384. The standard InChI is InChI=1S/C13H20N2O5/c1-14-11-5-3-6-12(13(11)15(16)17)20-8-4-7-19-10-9-18-2/h3,5-6,14H,4,7-10H2,1-2H3. The Balaban J connectivity index is 2.45. The molecule has 1 aromatic rings. The Bertz CT molecular complexity index is 425. The van der Waals surface area contributed by atoms with Crippen LogP contribution in [-0.4, -0.2) is 45.5 Å². The van der Waals surface area contributed by atoms with Crippen LogP contribution in [0.2, 0.25) is 0 Å². The maximum absolute atomic E-state index is 11.1. The average Bonchev–Trinajstić information content (AvgIpc) is 2.45. The van der Waals surface area contributed by atoms with Gasteiger partial charge in [-0.15, -0.1) is 0 Å². The van der Waals surface area contributed by atoms with Gasteiger partial charge in [-0.05, 0) is 12.1 Å². The van der Waals surface area contributed by atoms with Gasteiger partial charge in [-0.2, -0.15) is 0 Å². The SMILES string of the molecule is CNc1cccc(OCCCOCCOC)c1[N+](=O)[O-]. The normalized spacial score (nSPS) is 10.3. The van der Waals surface area contributed by atoms with Gasteiger partial charge >= 0.3 is 5.69 Å². The smallest absolute Gasteiger partial charge is 0.333 e. The van der Waals surface area contributed by atoms with Gasteiger partial charge in [-0.3, -0.25) is 10.1 Å². The minimum Gasteiger partial charge on any atom is -0.487 e. The van der Waals surface area contributed by atoms with Crippen molar-refractivity contribution in [2.75, 3.05) is 45.9 Å². The van der Waals surface area contributed by atoms with Crippen molar-refractivity contribution in [2.24, 2.45) is 0 Å². The van der Waals surface area contributed by atoms with Gasteiger partial charge in [-0.25, -0.2) is 0 Å². The predicted octanol–water partition coefficient (Wildman–Crippen LogP) is 2.07. The number of hydrogen-bond acceptors (Lipinski definition) is 6. The number of methoxy groups -OCH3 is 1. The van der Waals surface area contributed by atoms with Crippen molar-refractivity contribution in [3.63, 3.8) is 0 Å². The lowest BCUT2D eigenvalue weighted by Gasteiger charge is -2.09. The Kier molecular flexibility index (Phi) is 7.38. The molecule has 20 heavy (non-hydrogen) atoms. The third-order valence-corrected chi connectivity index (χ3v) is 2.57. The molecular weight excluding hydrogens is 264 g/mol. The molecule has 0 saturated heterocycles. The summed E-state index contributed by atoms with van der Waals surface area (Å²) in [7, 11) is 3.25. The van der Waals surface area contributed by atoms with Gasteiger partial charge in [0.1, 0.15) is 5.69 Å². The van der Waals surface area contributed by atoms with Crippen LogP contribution in [0.15, 0.2) is 18.2 Å². The Hall–Kier alpha value is -1.86. The number of nitrogens with one attached hydrogen (secondary N) is 1. The van der Waals surface area contributed by atoms with Gasteiger partial charge in [0.15, 0.2) is 5.75 Å². The van der Waals surface area contributed by atoms with Gasteiger partial charge in [-0.1, -0.05) is 6.07 Å². The van der Waals surface area contributed by atoms with Crippen LogP contribution in [0.3, 0.4) is 0 Å². The number of anilines is 1. The molecule has 0 saturated carbocycles. The molecule has 112 valence electrons. The molecule has 0 aliphatic carbocycles. The Labute approximate surface area is 118 Å². The fourth-order valence-corrected chi connectivity index (χ4v) is 1.62. The van der Waals surface area contributed by atoms with Gasteiger partial charge < -0.3 is 19.5 Å². The predicted molar refractivity (Wildman–Crippen MR) is 75.5 cm³/mol. The Morgan fingerprint density at radius 3 is 2.70 bits per heavy atom. The first-order chi connectivity index (χ1) is 9.70. The molecule has 0 bridgehead atoms. The molecular formula is C13H20N2O5. The zero-order chi connectivity index (χ0) is 14.8. The molecule has 0 aliphatic rings. The molecule has 1 N–H and O–H groups in total. The van der Waals surface area contributed by atoms with Crippen LogP contribution in [0.4, 0.5) is 11.4 Å². The third kappa shape index (κ3) is 5.02. The summed E-state index contributed by atoms with van der Waals surface area (Å²) in [4.78, 5) is 10.6. The van der Waals surface area contributed by atoms with Crippen molar-refractivity contribution in [1.29, 1.82) is 0 Å². The van der Waals surface area contributed by atoms with E-state index in [0.717, 1.165) is 0 Å². The number of rotatable bonds is 10. The fraction of sp³-hybridized carbons (Fsp3) is 0.538. The molecule has 0 fully saturated rings. The molecule has 1 aromatic carbocycles. The van der Waals surface area contributed by atoms with E-state index in [0.29, 0.717) is 38.5 Å². The van der Waals surface area contributed by atoms with Gasteiger partial charge in [0.25, 0.3) is 0 Å². The summed E-state index contributed by atoms with van der Waals surface area (Å²) >= 11 is 0. The summed E-state index contributed by atoms with van der Waals surface area (Å²) in [6.45, 7) is 1.98. The van der Waals surface area contributed by atoms with E-state index in [9.17, 15) is 10.1 Å². The van der Waals surface area contributed by atoms with Gasteiger partial charge in [0.2, 0.25) is 0 Å². The second kappa shape index (κ2) is 9.11. The monoisotopic (exact) mass is 284 g/mol. The molecule has 0 radical (unpaired) electrons. The molecule has 0 amide bonds. The number of ether oxygens (including phenoxy) is 3. The molecule has 7 nitrogen and oxygen atoms in total. The highest BCUT2D eigenvalue weighted by molar-refractivity contribution is 5.68. The van der Waals surface area contributed by atoms with E-state index in [1.807, 2.05) is 0 Å². The maximum Gasteiger partial charge on any atom is 0.333 e. The highest BCUT2D eigenvalue weighted by Crippen LogP contribution is 2.34. The van der Waals surface area contributed by atoms with E-state index < -0.39 is 4.92 Å². The highest BCUT2D eigenvalue weighted by atomic mass is 16.6. The summed E-state index contributed by atoms with van der Waals surface area (Å²) in [6.07, 6.45) is 0.657. The van der Waals surface area contributed by atoms with E-state index in [1.54, 1.807) is 32.4 Å². The minimum atomic E-state index is -0.448. The minimum absolute atomic E-state index is 0.0460. The van der Waals surface area contributed by atoms with E-state index in [1.165, 1.54) is 0 Å². The second-order valence-electron chi connectivity index (χ2n) is 3.97. The Morgan fingerprint density at radius 1 is 1.25 bits per heavy atom. The molecule has 0 aliphatic heterocycles. The molecule has 0 aromatic heterocycles. The van der Waals surface area contributed by atoms with Crippen LogP contribution in [0.1, 0.15) is 6.42 Å². The highest BCUT2D eigenvalue weighted by Gasteiger charge is 2.19. The van der Waals surface area contributed by atoms with Crippen LogP contribution in [0, 0.1) is 10.1 Å². The van der Waals surface area contributed by atoms with Crippen molar-refractivity contribution < 1.29 is 19.1 Å². The van der Waals surface area contributed by atoms with Crippen LogP contribution in [0.5, 0.6) is 5.75 Å². The first kappa shape index (κ1) is 16.2. The van der Waals surface area contributed by atoms with Crippen molar-refractivity contribution in [1.82, 2.24) is 0 Å². The van der Waals surface area contributed by atoms with Crippen LogP contribution in [-0.2, 0) is 9.47 Å². The number of nitro groups is 1. The topological polar surface area (TPSA) is 82.9 Å². The zero-order valence-electron chi connectivity index (χ0n) is 11.8. The number of nitrogens with zero attached hydrogens (tertiary/aromatic N) is 1. The van der Waals surface area contributed by atoms with Crippen molar-refractivity contribution in [3.8, 4) is 5.75 Å². The van der Waals surface area contributed by atoms with Crippen molar-refractivity contribution in [3.05, 3.63) is 28.3 Å². The summed E-state index contributed by atoms with van der Waals surface area (Å²) in [5, 5.41) is 13.8. The van der Waals surface area contributed by atoms with E-state index in [2.05, 4.69) is 5.32 Å². The van der Waals surface area contributed by atoms with Crippen molar-refractivity contribution in [2.45, 2.75) is 6.42 Å². The molecule has 0 heterocycles. The van der Waals surface area contributed by atoms with Crippen LogP contribution in [0.25, 0.3) is 0 Å². The van der Waals surface area contributed by atoms with Gasteiger partial charge in [0, 0.05) is 27.2 Å². The van der Waals surface area contributed by atoms with Crippen LogP contribution < -0.4 is 10.1 Å². The van der Waals surface area contributed by atoms with E-state index in [4.69, 9.17) is 14.2 Å². The number of nitro benzene ring substituents is 1. The van der Waals surface area contributed by atoms with Crippen LogP contribution >= 0.6 is 0 Å². The maximum atomic E-state index is 11.1. The zero-order valence-corrected chi connectivity index (χ0v) is 11.8. The fourth-order valence-electron chi connectivity index (χ4n) is 1.62.